The Bertz CT molecular complexity index is 1050. The topological polar surface area (TPSA) is 88.2 Å². The van der Waals surface area contributed by atoms with E-state index in [9.17, 15) is 14.4 Å². The highest BCUT2D eigenvalue weighted by molar-refractivity contribution is 8.01. The van der Waals surface area contributed by atoms with E-state index in [0.29, 0.717) is 36.0 Å². The second-order valence-electron chi connectivity index (χ2n) is 8.28. The number of amides is 3. The summed E-state index contributed by atoms with van der Waals surface area (Å²) >= 11 is 1.27. The number of rotatable bonds is 6. The molecule has 1 atom stereocenters. The van der Waals surface area contributed by atoms with Crippen molar-refractivity contribution in [3.8, 4) is 11.5 Å². The first-order chi connectivity index (χ1) is 16.5. The third-order valence-electron chi connectivity index (χ3n) is 5.97. The molecule has 0 aliphatic carbocycles. The standard InChI is InChI=1S/C25H29N3O5S/c1-32-18-13-17(14-19(15-18)33-2)26-22(29)16-28-20-9-5-6-10-21(20)34-23(25(28)31)24(30)27-11-7-3-4-8-12-27/h5-6,9-10,13-15,23H,3-4,7-8,11-12,16H2,1-2H3,(H,26,29)/t23-/m0/s1. The van der Waals surface area contributed by atoms with Crippen LogP contribution >= 0.6 is 11.8 Å². The monoisotopic (exact) mass is 483 g/mol. The smallest absolute Gasteiger partial charge is 0.250 e. The normalized spacial score (nSPS) is 18.1. The minimum Gasteiger partial charge on any atom is -0.497 e. The van der Waals surface area contributed by atoms with Crippen LogP contribution in [0.5, 0.6) is 11.5 Å². The average molecular weight is 484 g/mol. The molecule has 0 aromatic heterocycles. The molecular weight excluding hydrogens is 454 g/mol. The van der Waals surface area contributed by atoms with Gasteiger partial charge >= 0.3 is 0 Å². The number of carbonyl (C=O) groups is 3. The van der Waals surface area contributed by atoms with Gasteiger partial charge in [-0.25, -0.2) is 0 Å². The maximum Gasteiger partial charge on any atom is 0.250 e. The molecule has 2 aromatic rings. The Hall–Kier alpha value is -3.20. The van der Waals surface area contributed by atoms with E-state index in [-0.39, 0.29) is 24.3 Å². The number of carbonyl (C=O) groups excluding carboxylic acids is 3. The van der Waals surface area contributed by atoms with Crippen LogP contribution in [-0.4, -0.2) is 61.7 Å². The number of methoxy groups -OCH3 is 2. The second-order valence-corrected chi connectivity index (χ2v) is 9.43. The highest BCUT2D eigenvalue weighted by Gasteiger charge is 2.40. The van der Waals surface area contributed by atoms with E-state index in [1.165, 1.54) is 30.9 Å². The van der Waals surface area contributed by atoms with Crippen molar-refractivity contribution in [3.05, 3.63) is 42.5 Å². The molecule has 1 saturated heterocycles. The van der Waals surface area contributed by atoms with Crippen molar-refractivity contribution in [2.24, 2.45) is 0 Å². The lowest BCUT2D eigenvalue weighted by atomic mass is 10.2. The van der Waals surface area contributed by atoms with Crippen molar-refractivity contribution in [3.63, 3.8) is 0 Å². The molecule has 34 heavy (non-hydrogen) atoms. The van der Waals surface area contributed by atoms with E-state index in [4.69, 9.17) is 9.47 Å². The van der Waals surface area contributed by atoms with Crippen LogP contribution in [0.2, 0.25) is 0 Å². The van der Waals surface area contributed by atoms with Gasteiger partial charge in [0.05, 0.1) is 19.9 Å². The molecule has 0 saturated carbocycles. The summed E-state index contributed by atoms with van der Waals surface area (Å²) in [6.45, 7) is 1.13. The van der Waals surface area contributed by atoms with Crippen LogP contribution < -0.4 is 19.7 Å². The zero-order valence-electron chi connectivity index (χ0n) is 19.4. The molecule has 2 aromatic carbocycles. The van der Waals surface area contributed by atoms with Gasteiger partial charge < -0.3 is 24.6 Å². The van der Waals surface area contributed by atoms with Gasteiger partial charge in [-0.3, -0.25) is 14.4 Å². The molecule has 9 heteroatoms. The zero-order chi connectivity index (χ0) is 24.1. The molecule has 0 bridgehead atoms. The molecule has 0 radical (unpaired) electrons. The van der Waals surface area contributed by atoms with Crippen LogP contribution in [0, 0.1) is 0 Å². The lowest BCUT2D eigenvalue weighted by Crippen LogP contribution is -2.51. The minimum absolute atomic E-state index is 0.172. The van der Waals surface area contributed by atoms with Gasteiger partial charge in [-0.1, -0.05) is 25.0 Å². The third-order valence-corrected chi connectivity index (χ3v) is 7.21. The first-order valence-corrected chi connectivity index (χ1v) is 12.3. The van der Waals surface area contributed by atoms with E-state index >= 15 is 0 Å². The molecule has 8 nitrogen and oxygen atoms in total. The Labute approximate surface area is 203 Å². The van der Waals surface area contributed by atoms with Crippen LogP contribution in [0.15, 0.2) is 47.4 Å². The van der Waals surface area contributed by atoms with Crippen LogP contribution in [0.3, 0.4) is 0 Å². The van der Waals surface area contributed by atoms with E-state index in [0.717, 1.165) is 30.6 Å². The molecule has 180 valence electrons. The Kier molecular flexibility index (Phi) is 7.62. The highest BCUT2D eigenvalue weighted by atomic mass is 32.2. The number of para-hydroxylation sites is 1. The molecule has 1 fully saturated rings. The fraction of sp³-hybridized carbons (Fsp3) is 0.400. The van der Waals surface area contributed by atoms with Crippen molar-refractivity contribution in [1.82, 2.24) is 4.90 Å². The third kappa shape index (κ3) is 5.30. The summed E-state index contributed by atoms with van der Waals surface area (Å²) < 4.78 is 10.5. The predicted octanol–water partition coefficient (Wildman–Crippen LogP) is 3.55. The quantitative estimate of drug-likeness (QED) is 0.633. The summed E-state index contributed by atoms with van der Waals surface area (Å²) in [5.41, 5.74) is 1.13. The van der Waals surface area contributed by atoms with Gasteiger partial charge in [0.15, 0.2) is 5.25 Å². The molecule has 0 unspecified atom stereocenters. The van der Waals surface area contributed by atoms with Gasteiger partial charge in [-0.15, -0.1) is 11.8 Å². The van der Waals surface area contributed by atoms with Gasteiger partial charge in [-0.05, 0) is 25.0 Å². The number of thioether (sulfide) groups is 1. The lowest BCUT2D eigenvalue weighted by Gasteiger charge is -2.34. The summed E-state index contributed by atoms with van der Waals surface area (Å²) in [7, 11) is 3.06. The van der Waals surface area contributed by atoms with Gasteiger partial charge in [0, 0.05) is 41.9 Å². The average Bonchev–Trinajstić information content (AvgIpc) is 3.14. The molecular formula is C25H29N3O5S. The molecule has 2 heterocycles. The molecule has 2 aliphatic heterocycles. The van der Waals surface area contributed by atoms with Crippen LogP contribution in [-0.2, 0) is 14.4 Å². The maximum atomic E-state index is 13.5. The van der Waals surface area contributed by atoms with Crippen molar-refractivity contribution in [1.29, 1.82) is 0 Å². The number of nitrogens with zero attached hydrogens (tertiary/aromatic N) is 2. The fourth-order valence-electron chi connectivity index (χ4n) is 4.22. The van der Waals surface area contributed by atoms with Gasteiger partial charge in [0.1, 0.15) is 18.0 Å². The zero-order valence-corrected chi connectivity index (χ0v) is 20.2. The molecule has 2 aliphatic rings. The second kappa shape index (κ2) is 10.8. The minimum atomic E-state index is -0.891. The summed E-state index contributed by atoms with van der Waals surface area (Å²) in [6, 6.07) is 12.4. The molecule has 1 N–H and O–H groups in total. The van der Waals surface area contributed by atoms with E-state index in [1.807, 2.05) is 18.2 Å². The first kappa shape index (κ1) is 23.9. The lowest BCUT2D eigenvalue weighted by molar-refractivity contribution is -0.135. The van der Waals surface area contributed by atoms with E-state index < -0.39 is 5.25 Å². The van der Waals surface area contributed by atoms with Gasteiger partial charge in [-0.2, -0.15) is 0 Å². The van der Waals surface area contributed by atoms with Crippen LogP contribution in [0.25, 0.3) is 0 Å². The number of anilines is 2. The summed E-state index contributed by atoms with van der Waals surface area (Å²) in [4.78, 5) is 43.8. The van der Waals surface area contributed by atoms with Gasteiger partial charge in [0.2, 0.25) is 11.8 Å². The Morgan fingerprint density at radius 1 is 1.00 bits per heavy atom. The highest BCUT2D eigenvalue weighted by Crippen LogP contribution is 2.40. The summed E-state index contributed by atoms with van der Waals surface area (Å²) in [5, 5.41) is 1.92. The van der Waals surface area contributed by atoms with Gasteiger partial charge in [0.25, 0.3) is 5.91 Å². The summed E-state index contributed by atoms with van der Waals surface area (Å²) in [6.07, 6.45) is 4.09. The largest absolute Gasteiger partial charge is 0.497 e. The maximum absolute atomic E-state index is 13.5. The predicted molar refractivity (Wildman–Crippen MR) is 132 cm³/mol. The Morgan fingerprint density at radius 2 is 1.65 bits per heavy atom. The van der Waals surface area contributed by atoms with Crippen LogP contribution in [0.1, 0.15) is 25.7 Å². The van der Waals surface area contributed by atoms with E-state index in [1.54, 1.807) is 29.2 Å². The fourth-order valence-corrected chi connectivity index (χ4v) is 5.41. The Balaban J connectivity index is 1.54. The van der Waals surface area contributed by atoms with Crippen molar-refractivity contribution < 1.29 is 23.9 Å². The van der Waals surface area contributed by atoms with E-state index in [2.05, 4.69) is 5.32 Å². The number of benzene rings is 2. The Morgan fingerprint density at radius 3 is 2.29 bits per heavy atom. The number of fused-ring (bicyclic) bond motifs is 1. The molecule has 0 spiro atoms. The SMILES string of the molecule is COc1cc(NC(=O)CN2C(=O)[C@H](C(=O)N3CCCCCC3)Sc3ccccc32)cc(OC)c1. The number of hydrogen-bond donors (Lipinski definition) is 1. The number of nitrogens with one attached hydrogen (secondary N) is 1. The van der Waals surface area contributed by atoms with Crippen LogP contribution in [0.4, 0.5) is 11.4 Å². The summed E-state index contributed by atoms with van der Waals surface area (Å²) in [5.74, 6) is 0.152. The number of ether oxygens (including phenoxy) is 2. The number of likely N-dealkylation sites (tertiary alicyclic amines) is 1. The molecule has 3 amide bonds. The van der Waals surface area contributed by atoms with Crippen molar-refractivity contribution in [2.45, 2.75) is 35.8 Å². The number of hydrogen-bond acceptors (Lipinski definition) is 6. The van der Waals surface area contributed by atoms with Crippen molar-refractivity contribution in [2.75, 3.05) is 44.1 Å². The van der Waals surface area contributed by atoms with Crippen molar-refractivity contribution >= 4 is 40.9 Å². The molecule has 4 rings (SSSR count). The first-order valence-electron chi connectivity index (χ1n) is 11.4.